The molecule has 4 nitrogen and oxygen atoms in total. The lowest BCUT2D eigenvalue weighted by Gasteiger charge is -2.09. The molecule has 0 aromatic heterocycles. The normalized spacial score (nSPS) is 9.76. The zero-order valence-corrected chi connectivity index (χ0v) is 13.7. The Labute approximate surface area is 140 Å². The maximum Gasteiger partial charge on any atom is 0.262 e. The zero-order valence-electron chi connectivity index (χ0n) is 10.8. The second-order valence-corrected chi connectivity index (χ2v) is 5.64. The molecule has 106 valence electrons. The summed E-state index contributed by atoms with van der Waals surface area (Å²) in [4.78, 5) is 11.8. The molecule has 0 heterocycles. The number of hydrogen-bond donors (Lipinski definition) is 1. The molecule has 1 N–H and O–H groups in total. The number of anilines is 1. The van der Waals surface area contributed by atoms with Gasteiger partial charge >= 0.3 is 0 Å². The summed E-state index contributed by atoms with van der Waals surface area (Å²) in [5, 5.41) is 11.7. The number of halogens is 2. The van der Waals surface area contributed by atoms with Gasteiger partial charge in [-0.05, 0) is 52.9 Å². The molecule has 0 saturated heterocycles. The summed E-state index contributed by atoms with van der Waals surface area (Å²) >= 11 is 8.04. The number of carbonyl (C=O) groups is 1. The van der Waals surface area contributed by atoms with E-state index in [-0.39, 0.29) is 12.5 Å². The van der Waals surface area contributed by atoms with Crippen molar-refractivity contribution >= 4 is 45.8 Å². The largest absolute Gasteiger partial charge is 0.483 e. The molecule has 2 rings (SSSR count). The van der Waals surface area contributed by atoms with Crippen LogP contribution >= 0.6 is 34.2 Å². The van der Waals surface area contributed by atoms with Crippen molar-refractivity contribution in [3.63, 3.8) is 0 Å². The van der Waals surface area contributed by atoms with Crippen LogP contribution in [-0.4, -0.2) is 12.5 Å². The third-order valence-electron chi connectivity index (χ3n) is 2.57. The molecule has 2 aromatic rings. The predicted molar refractivity (Wildman–Crippen MR) is 89.5 cm³/mol. The van der Waals surface area contributed by atoms with Crippen molar-refractivity contribution in [2.24, 2.45) is 0 Å². The van der Waals surface area contributed by atoms with Gasteiger partial charge in [0.1, 0.15) is 11.8 Å². The third kappa shape index (κ3) is 4.34. The van der Waals surface area contributed by atoms with Gasteiger partial charge in [-0.2, -0.15) is 5.26 Å². The molecule has 0 aliphatic rings. The van der Waals surface area contributed by atoms with Crippen molar-refractivity contribution in [2.45, 2.75) is 0 Å². The molecule has 0 unspecified atom stereocenters. The molecular weight excluding hydrogens is 403 g/mol. The van der Waals surface area contributed by atoms with E-state index in [2.05, 4.69) is 27.9 Å². The second-order valence-electron chi connectivity index (χ2n) is 4.07. The van der Waals surface area contributed by atoms with Gasteiger partial charge in [0.15, 0.2) is 6.61 Å². The number of para-hydroxylation sites is 1. The Morgan fingerprint density at radius 2 is 2.10 bits per heavy atom. The van der Waals surface area contributed by atoms with E-state index in [1.54, 1.807) is 18.2 Å². The number of hydrogen-bond acceptors (Lipinski definition) is 3. The van der Waals surface area contributed by atoms with E-state index in [1.165, 1.54) is 6.07 Å². The first-order valence-corrected chi connectivity index (χ1v) is 7.42. The van der Waals surface area contributed by atoms with E-state index in [9.17, 15) is 4.79 Å². The highest BCUT2D eigenvalue weighted by molar-refractivity contribution is 14.1. The van der Waals surface area contributed by atoms with Crippen LogP contribution in [-0.2, 0) is 4.79 Å². The molecular formula is C15H10ClIN2O2. The Balaban J connectivity index is 1.95. The van der Waals surface area contributed by atoms with Crippen LogP contribution in [0, 0.1) is 14.9 Å². The third-order valence-corrected chi connectivity index (χ3v) is 3.77. The van der Waals surface area contributed by atoms with Gasteiger partial charge in [-0.15, -0.1) is 0 Å². The lowest BCUT2D eigenvalue weighted by Crippen LogP contribution is -2.20. The van der Waals surface area contributed by atoms with Gasteiger partial charge in [-0.3, -0.25) is 4.79 Å². The van der Waals surface area contributed by atoms with Crippen LogP contribution in [0.3, 0.4) is 0 Å². The van der Waals surface area contributed by atoms with Crippen molar-refractivity contribution in [1.29, 1.82) is 5.26 Å². The topological polar surface area (TPSA) is 62.1 Å². The van der Waals surface area contributed by atoms with E-state index in [1.807, 2.05) is 24.3 Å². The van der Waals surface area contributed by atoms with Gasteiger partial charge in [0, 0.05) is 5.69 Å². The number of amides is 1. The lowest BCUT2D eigenvalue weighted by atomic mass is 10.2. The Bertz CT molecular complexity index is 713. The molecule has 0 spiro atoms. The van der Waals surface area contributed by atoms with Gasteiger partial charge in [-0.1, -0.05) is 23.7 Å². The molecule has 0 radical (unpaired) electrons. The smallest absolute Gasteiger partial charge is 0.262 e. The minimum atomic E-state index is -0.296. The first-order valence-electron chi connectivity index (χ1n) is 5.97. The number of nitriles is 1. The van der Waals surface area contributed by atoms with E-state index >= 15 is 0 Å². The Hall–Kier alpha value is -1.78. The van der Waals surface area contributed by atoms with Crippen molar-refractivity contribution < 1.29 is 9.53 Å². The van der Waals surface area contributed by atoms with Gasteiger partial charge in [0.25, 0.3) is 5.91 Å². The molecule has 0 aliphatic carbocycles. The SMILES string of the molecule is N#Cc1ccc(NC(=O)COc2ccccc2I)cc1Cl. The molecule has 21 heavy (non-hydrogen) atoms. The summed E-state index contributed by atoms with van der Waals surface area (Å²) in [6.45, 7) is -0.0996. The molecule has 6 heteroatoms. The van der Waals surface area contributed by atoms with Crippen LogP contribution in [0.25, 0.3) is 0 Å². The van der Waals surface area contributed by atoms with Crippen molar-refractivity contribution in [3.8, 4) is 11.8 Å². The maximum atomic E-state index is 11.8. The van der Waals surface area contributed by atoms with E-state index in [0.29, 0.717) is 22.0 Å². The van der Waals surface area contributed by atoms with E-state index < -0.39 is 0 Å². The van der Waals surface area contributed by atoms with Crippen LogP contribution in [0.5, 0.6) is 5.75 Å². The van der Waals surface area contributed by atoms with Gasteiger partial charge in [0.2, 0.25) is 0 Å². The highest BCUT2D eigenvalue weighted by Gasteiger charge is 2.07. The number of carbonyl (C=O) groups excluding carboxylic acids is 1. The molecule has 0 saturated carbocycles. The highest BCUT2D eigenvalue weighted by atomic mass is 127. The summed E-state index contributed by atoms with van der Waals surface area (Å²) in [5.74, 6) is 0.363. The van der Waals surface area contributed by atoms with Crippen LogP contribution in [0.1, 0.15) is 5.56 Å². The Morgan fingerprint density at radius 1 is 1.33 bits per heavy atom. The second kappa shape index (κ2) is 7.29. The highest BCUT2D eigenvalue weighted by Crippen LogP contribution is 2.21. The van der Waals surface area contributed by atoms with Crippen molar-refractivity contribution in [3.05, 3.63) is 56.6 Å². The number of rotatable bonds is 4. The number of benzene rings is 2. The summed E-state index contributed by atoms with van der Waals surface area (Å²) in [5.41, 5.74) is 0.889. The van der Waals surface area contributed by atoms with Crippen LogP contribution in [0.15, 0.2) is 42.5 Å². The number of nitrogens with zero attached hydrogens (tertiary/aromatic N) is 1. The Morgan fingerprint density at radius 3 is 2.76 bits per heavy atom. The fourth-order valence-electron chi connectivity index (χ4n) is 1.59. The van der Waals surface area contributed by atoms with Crippen LogP contribution in [0.2, 0.25) is 5.02 Å². The molecule has 0 bridgehead atoms. The Kier molecular flexibility index (Phi) is 5.42. The molecule has 0 atom stereocenters. The van der Waals surface area contributed by atoms with Gasteiger partial charge < -0.3 is 10.1 Å². The van der Waals surface area contributed by atoms with Gasteiger partial charge in [0.05, 0.1) is 14.2 Å². The minimum absolute atomic E-state index is 0.0996. The summed E-state index contributed by atoms with van der Waals surface area (Å²) in [6.07, 6.45) is 0. The van der Waals surface area contributed by atoms with Crippen molar-refractivity contribution in [2.75, 3.05) is 11.9 Å². The molecule has 1 amide bonds. The fraction of sp³-hybridized carbons (Fsp3) is 0.0667. The predicted octanol–water partition coefficient (Wildman–Crippen LogP) is 3.83. The summed E-state index contributed by atoms with van der Waals surface area (Å²) in [7, 11) is 0. The summed E-state index contributed by atoms with van der Waals surface area (Å²) < 4.78 is 6.38. The molecule has 0 fully saturated rings. The first-order chi connectivity index (χ1) is 10.1. The minimum Gasteiger partial charge on any atom is -0.483 e. The zero-order chi connectivity index (χ0) is 15.2. The van der Waals surface area contributed by atoms with E-state index in [4.69, 9.17) is 21.6 Å². The van der Waals surface area contributed by atoms with Crippen LogP contribution in [0.4, 0.5) is 5.69 Å². The average Bonchev–Trinajstić information content (AvgIpc) is 2.46. The summed E-state index contributed by atoms with van der Waals surface area (Å²) in [6, 6.07) is 14.1. The standard InChI is InChI=1S/C15H10ClIN2O2/c16-12-7-11(6-5-10(12)8-18)19-15(20)9-21-14-4-2-1-3-13(14)17/h1-7H,9H2,(H,19,20). The first kappa shape index (κ1) is 15.6. The van der Waals surface area contributed by atoms with Crippen LogP contribution < -0.4 is 10.1 Å². The van der Waals surface area contributed by atoms with E-state index in [0.717, 1.165) is 3.57 Å². The average molecular weight is 413 g/mol. The monoisotopic (exact) mass is 412 g/mol. The quantitative estimate of drug-likeness (QED) is 0.776. The molecule has 0 aliphatic heterocycles. The maximum absolute atomic E-state index is 11.8. The number of ether oxygens (including phenoxy) is 1. The lowest BCUT2D eigenvalue weighted by molar-refractivity contribution is -0.118. The number of nitrogens with one attached hydrogen (secondary N) is 1. The molecule has 2 aromatic carbocycles. The van der Waals surface area contributed by atoms with Crippen molar-refractivity contribution in [1.82, 2.24) is 0 Å². The van der Waals surface area contributed by atoms with Gasteiger partial charge in [-0.25, -0.2) is 0 Å². The fourth-order valence-corrected chi connectivity index (χ4v) is 2.35.